The largest absolute Gasteiger partial charge is 0.481 e. The van der Waals surface area contributed by atoms with Crippen LogP contribution < -0.4 is 15.4 Å². The van der Waals surface area contributed by atoms with Crippen LogP contribution in [0.15, 0.2) is 6.07 Å². The van der Waals surface area contributed by atoms with Crippen molar-refractivity contribution < 1.29 is 14.3 Å². The molecule has 0 aliphatic carbocycles. The Balaban J connectivity index is 2.73. The number of anilines is 1. The molecule has 0 aromatic carbocycles. The number of carbonyl (C=O) groups is 2. The molecular weight excluding hydrogens is 238 g/mol. The van der Waals surface area contributed by atoms with Crippen LogP contribution in [0.1, 0.15) is 5.69 Å². The van der Waals surface area contributed by atoms with Gasteiger partial charge in [-0.15, -0.1) is 0 Å². The van der Waals surface area contributed by atoms with Crippen LogP contribution in [0.4, 0.5) is 5.95 Å². The van der Waals surface area contributed by atoms with Crippen LogP contribution in [0, 0.1) is 18.3 Å². The standard InChI is InChI=1S/C10H11N5O3/c1-6-5-7(18-2)14-10(13-6)15-9(17)8(16)12-4-3-11/h5H,4H2,1-2H3,(H,12,16)(H,13,14,15,17). The zero-order valence-electron chi connectivity index (χ0n) is 9.85. The van der Waals surface area contributed by atoms with Gasteiger partial charge in [0.15, 0.2) is 0 Å². The van der Waals surface area contributed by atoms with Gasteiger partial charge in [0, 0.05) is 11.8 Å². The molecule has 1 aromatic heterocycles. The molecule has 1 aromatic rings. The lowest BCUT2D eigenvalue weighted by Crippen LogP contribution is -2.36. The Bertz CT molecular complexity index is 509. The summed E-state index contributed by atoms with van der Waals surface area (Å²) in [7, 11) is 1.42. The maximum atomic E-state index is 11.4. The molecule has 0 radical (unpaired) electrons. The quantitative estimate of drug-likeness (QED) is 0.544. The van der Waals surface area contributed by atoms with Crippen molar-refractivity contribution in [1.29, 1.82) is 5.26 Å². The fourth-order valence-electron chi connectivity index (χ4n) is 1.06. The molecule has 0 fully saturated rings. The van der Waals surface area contributed by atoms with Gasteiger partial charge in [0.05, 0.1) is 13.2 Å². The van der Waals surface area contributed by atoms with Crippen LogP contribution in [0.5, 0.6) is 5.88 Å². The monoisotopic (exact) mass is 249 g/mol. The van der Waals surface area contributed by atoms with Gasteiger partial charge >= 0.3 is 11.8 Å². The molecule has 0 aliphatic rings. The molecule has 8 nitrogen and oxygen atoms in total. The van der Waals surface area contributed by atoms with Crippen molar-refractivity contribution in [2.75, 3.05) is 19.0 Å². The van der Waals surface area contributed by atoms with E-state index in [9.17, 15) is 9.59 Å². The zero-order chi connectivity index (χ0) is 13.5. The number of nitrogens with zero attached hydrogens (tertiary/aromatic N) is 3. The zero-order valence-corrected chi connectivity index (χ0v) is 9.85. The molecule has 0 spiro atoms. The summed E-state index contributed by atoms with van der Waals surface area (Å²) in [6, 6.07) is 3.26. The van der Waals surface area contributed by atoms with Gasteiger partial charge in [-0.25, -0.2) is 4.98 Å². The summed E-state index contributed by atoms with van der Waals surface area (Å²) in [5.41, 5.74) is 0.578. The van der Waals surface area contributed by atoms with Gasteiger partial charge in [0.2, 0.25) is 11.8 Å². The lowest BCUT2D eigenvalue weighted by atomic mass is 10.4. The van der Waals surface area contributed by atoms with Gasteiger partial charge < -0.3 is 10.1 Å². The predicted octanol–water partition coefficient (Wildman–Crippen LogP) is -0.628. The first-order valence-corrected chi connectivity index (χ1v) is 4.92. The fraction of sp³-hybridized carbons (Fsp3) is 0.300. The molecule has 0 aliphatic heterocycles. The number of carbonyl (C=O) groups excluding carboxylic acids is 2. The van der Waals surface area contributed by atoms with Crippen molar-refractivity contribution in [3.63, 3.8) is 0 Å². The third-order valence-electron chi connectivity index (χ3n) is 1.80. The second kappa shape index (κ2) is 6.15. The van der Waals surface area contributed by atoms with E-state index < -0.39 is 11.8 Å². The highest BCUT2D eigenvalue weighted by molar-refractivity contribution is 6.39. The van der Waals surface area contributed by atoms with E-state index in [1.54, 1.807) is 19.1 Å². The molecule has 94 valence electrons. The highest BCUT2D eigenvalue weighted by atomic mass is 16.5. The minimum atomic E-state index is -0.946. The number of nitriles is 1. The number of ether oxygens (including phenoxy) is 1. The Kier molecular flexibility index (Phi) is 4.57. The number of aromatic nitrogens is 2. The summed E-state index contributed by atoms with van der Waals surface area (Å²) in [5, 5.41) is 12.6. The van der Waals surface area contributed by atoms with Gasteiger partial charge in [-0.2, -0.15) is 10.2 Å². The van der Waals surface area contributed by atoms with Crippen molar-refractivity contribution in [3.05, 3.63) is 11.8 Å². The maximum absolute atomic E-state index is 11.4. The number of methoxy groups -OCH3 is 1. The Morgan fingerprint density at radius 2 is 2.17 bits per heavy atom. The lowest BCUT2D eigenvalue weighted by molar-refractivity contribution is -0.136. The second-order valence-electron chi connectivity index (χ2n) is 3.17. The van der Waals surface area contributed by atoms with Crippen molar-refractivity contribution >= 4 is 17.8 Å². The van der Waals surface area contributed by atoms with Crippen molar-refractivity contribution in [1.82, 2.24) is 15.3 Å². The van der Waals surface area contributed by atoms with Crippen LogP contribution >= 0.6 is 0 Å². The Labute approximate surface area is 103 Å². The first-order chi connectivity index (χ1) is 8.56. The third-order valence-corrected chi connectivity index (χ3v) is 1.80. The van der Waals surface area contributed by atoms with Gasteiger partial charge in [-0.3, -0.25) is 14.9 Å². The minimum Gasteiger partial charge on any atom is -0.481 e. The molecule has 2 amide bonds. The van der Waals surface area contributed by atoms with Crippen LogP contribution in [0.25, 0.3) is 0 Å². The van der Waals surface area contributed by atoms with Crippen molar-refractivity contribution in [2.24, 2.45) is 0 Å². The summed E-state index contributed by atoms with van der Waals surface area (Å²) in [6.07, 6.45) is 0. The summed E-state index contributed by atoms with van der Waals surface area (Å²) in [6.45, 7) is 1.44. The van der Waals surface area contributed by atoms with Crippen LogP contribution in [-0.4, -0.2) is 35.4 Å². The molecule has 0 bridgehead atoms. The fourth-order valence-corrected chi connectivity index (χ4v) is 1.06. The number of aryl methyl sites for hydroxylation is 1. The molecular formula is C10H11N5O3. The van der Waals surface area contributed by atoms with Gasteiger partial charge in [-0.05, 0) is 6.92 Å². The first kappa shape index (κ1) is 13.4. The summed E-state index contributed by atoms with van der Waals surface area (Å²) >= 11 is 0. The number of rotatable bonds is 3. The first-order valence-electron chi connectivity index (χ1n) is 4.92. The second-order valence-corrected chi connectivity index (χ2v) is 3.17. The lowest BCUT2D eigenvalue weighted by Gasteiger charge is -2.05. The molecule has 18 heavy (non-hydrogen) atoms. The summed E-state index contributed by atoms with van der Waals surface area (Å²) in [4.78, 5) is 30.3. The highest BCUT2D eigenvalue weighted by Crippen LogP contribution is 2.10. The number of hydrogen-bond donors (Lipinski definition) is 2. The van der Waals surface area contributed by atoms with E-state index in [1.807, 2.05) is 0 Å². The number of nitrogens with one attached hydrogen (secondary N) is 2. The Hall–Kier alpha value is -2.69. The molecule has 1 rings (SSSR count). The minimum absolute atomic E-state index is 0.0380. The summed E-state index contributed by atoms with van der Waals surface area (Å²) < 4.78 is 4.90. The van der Waals surface area contributed by atoms with Gasteiger partial charge in [0.1, 0.15) is 6.54 Å². The molecule has 8 heteroatoms. The average molecular weight is 249 g/mol. The van der Waals surface area contributed by atoms with Crippen LogP contribution in [-0.2, 0) is 9.59 Å². The van der Waals surface area contributed by atoms with Gasteiger partial charge in [-0.1, -0.05) is 0 Å². The van der Waals surface area contributed by atoms with Crippen LogP contribution in [0.3, 0.4) is 0 Å². The Morgan fingerprint density at radius 3 is 2.78 bits per heavy atom. The van der Waals surface area contributed by atoms with E-state index in [2.05, 4.69) is 20.6 Å². The molecule has 1 heterocycles. The number of hydrogen-bond acceptors (Lipinski definition) is 6. The predicted molar refractivity (Wildman–Crippen MR) is 60.6 cm³/mol. The molecule has 0 saturated carbocycles. The molecule has 0 atom stereocenters. The number of amides is 2. The van der Waals surface area contributed by atoms with Crippen molar-refractivity contribution in [2.45, 2.75) is 6.92 Å². The third kappa shape index (κ3) is 3.71. The molecule has 0 unspecified atom stereocenters. The molecule has 0 saturated heterocycles. The normalized spacial score (nSPS) is 9.17. The van der Waals surface area contributed by atoms with E-state index >= 15 is 0 Å². The van der Waals surface area contributed by atoms with Gasteiger partial charge in [0.25, 0.3) is 0 Å². The average Bonchev–Trinajstić information content (AvgIpc) is 2.34. The topological polar surface area (TPSA) is 117 Å². The SMILES string of the molecule is COc1cc(C)nc(NC(=O)C(=O)NCC#N)n1. The smallest absolute Gasteiger partial charge is 0.316 e. The van der Waals surface area contributed by atoms with E-state index in [0.717, 1.165) is 0 Å². The van der Waals surface area contributed by atoms with E-state index in [1.165, 1.54) is 7.11 Å². The Morgan fingerprint density at radius 1 is 1.44 bits per heavy atom. The van der Waals surface area contributed by atoms with Crippen LogP contribution in [0.2, 0.25) is 0 Å². The van der Waals surface area contributed by atoms with E-state index in [-0.39, 0.29) is 18.4 Å². The van der Waals surface area contributed by atoms with E-state index in [0.29, 0.717) is 5.69 Å². The van der Waals surface area contributed by atoms with E-state index in [4.69, 9.17) is 10.00 Å². The van der Waals surface area contributed by atoms with Crippen molar-refractivity contribution in [3.8, 4) is 11.9 Å². The maximum Gasteiger partial charge on any atom is 0.316 e. The summed E-state index contributed by atoms with van der Waals surface area (Å²) in [5.74, 6) is -1.64. The molecule has 2 N–H and O–H groups in total. The highest BCUT2D eigenvalue weighted by Gasteiger charge is 2.15.